The zero-order valence-electron chi connectivity index (χ0n) is 11.4. The molecule has 0 aliphatic rings. The Labute approximate surface area is 117 Å². The maximum atomic E-state index is 13.4. The van der Waals surface area contributed by atoms with Gasteiger partial charge in [-0.2, -0.15) is 0 Å². The average Bonchev–Trinajstić information content (AvgIpc) is 2.44. The predicted octanol–water partition coefficient (Wildman–Crippen LogP) is 3.21. The molecule has 104 valence electrons. The van der Waals surface area contributed by atoms with E-state index in [1.54, 1.807) is 37.4 Å². The number of nitrogens with one attached hydrogen (secondary N) is 2. The topological polar surface area (TPSA) is 54.0 Å². The molecule has 1 aromatic heterocycles. The van der Waals surface area contributed by atoms with Crippen molar-refractivity contribution in [2.24, 2.45) is 0 Å². The largest absolute Gasteiger partial charge is 0.385 e. The van der Waals surface area contributed by atoms with Gasteiger partial charge in [0, 0.05) is 29.7 Å². The van der Waals surface area contributed by atoms with E-state index in [1.807, 2.05) is 6.92 Å². The van der Waals surface area contributed by atoms with Crippen LogP contribution in [0.2, 0.25) is 0 Å². The number of pyridine rings is 1. The molecule has 0 fully saturated rings. The van der Waals surface area contributed by atoms with Gasteiger partial charge in [0.15, 0.2) is 0 Å². The van der Waals surface area contributed by atoms with E-state index in [4.69, 9.17) is 0 Å². The van der Waals surface area contributed by atoms with Gasteiger partial charge in [-0.05, 0) is 38.1 Å². The molecule has 0 saturated heterocycles. The molecule has 0 atom stereocenters. The van der Waals surface area contributed by atoms with Gasteiger partial charge in [-0.3, -0.25) is 9.78 Å². The SMILES string of the molecule is CCNc1ccnc(C(=O)Nc2cccc(F)c2C)c1. The highest BCUT2D eigenvalue weighted by Gasteiger charge is 2.11. The fourth-order valence-electron chi connectivity index (χ4n) is 1.80. The minimum atomic E-state index is -0.363. The first kappa shape index (κ1) is 14.0. The number of rotatable bonds is 4. The monoisotopic (exact) mass is 273 g/mol. The third-order valence-corrected chi connectivity index (χ3v) is 2.89. The third-order valence-electron chi connectivity index (χ3n) is 2.89. The third kappa shape index (κ3) is 3.12. The molecular formula is C15H16FN3O. The van der Waals surface area contributed by atoms with Crippen molar-refractivity contribution in [2.75, 3.05) is 17.2 Å². The molecule has 0 aliphatic carbocycles. The van der Waals surface area contributed by atoms with Crippen molar-refractivity contribution in [2.45, 2.75) is 13.8 Å². The smallest absolute Gasteiger partial charge is 0.274 e. The Morgan fingerprint density at radius 2 is 2.15 bits per heavy atom. The van der Waals surface area contributed by atoms with E-state index < -0.39 is 0 Å². The standard InChI is InChI=1S/C15H16FN3O/c1-3-17-11-7-8-18-14(9-11)15(20)19-13-6-4-5-12(16)10(13)2/h4-9H,3H2,1-2H3,(H,17,18)(H,19,20). The number of nitrogens with zero attached hydrogens (tertiary/aromatic N) is 1. The summed E-state index contributed by atoms with van der Waals surface area (Å²) in [7, 11) is 0. The summed E-state index contributed by atoms with van der Waals surface area (Å²) in [6, 6.07) is 8.01. The van der Waals surface area contributed by atoms with Crippen molar-refractivity contribution in [3.05, 3.63) is 53.6 Å². The highest BCUT2D eigenvalue weighted by atomic mass is 19.1. The summed E-state index contributed by atoms with van der Waals surface area (Å²) in [6.45, 7) is 4.35. The molecule has 4 nitrogen and oxygen atoms in total. The van der Waals surface area contributed by atoms with Gasteiger partial charge in [-0.1, -0.05) is 6.07 Å². The van der Waals surface area contributed by atoms with E-state index in [0.717, 1.165) is 12.2 Å². The summed E-state index contributed by atoms with van der Waals surface area (Å²) in [5.74, 6) is -0.712. The van der Waals surface area contributed by atoms with Crippen LogP contribution in [-0.2, 0) is 0 Å². The number of hydrogen-bond acceptors (Lipinski definition) is 3. The number of carbonyl (C=O) groups excluding carboxylic acids is 1. The minimum Gasteiger partial charge on any atom is -0.385 e. The number of amides is 1. The summed E-state index contributed by atoms with van der Waals surface area (Å²) in [6.07, 6.45) is 1.56. The van der Waals surface area contributed by atoms with Crippen LogP contribution in [0, 0.1) is 12.7 Å². The number of halogens is 1. The van der Waals surface area contributed by atoms with Crippen LogP contribution in [0.3, 0.4) is 0 Å². The Morgan fingerprint density at radius 3 is 2.90 bits per heavy atom. The number of anilines is 2. The number of hydrogen-bond donors (Lipinski definition) is 2. The molecule has 1 heterocycles. The van der Waals surface area contributed by atoms with Crippen molar-refractivity contribution < 1.29 is 9.18 Å². The lowest BCUT2D eigenvalue weighted by molar-refractivity contribution is 0.102. The lowest BCUT2D eigenvalue weighted by atomic mass is 10.2. The van der Waals surface area contributed by atoms with E-state index >= 15 is 0 Å². The van der Waals surface area contributed by atoms with Crippen LogP contribution in [0.5, 0.6) is 0 Å². The molecule has 0 saturated carbocycles. The molecular weight excluding hydrogens is 257 g/mol. The first-order chi connectivity index (χ1) is 9.61. The Hall–Kier alpha value is -2.43. The van der Waals surface area contributed by atoms with Gasteiger partial charge in [-0.25, -0.2) is 4.39 Å². The van der Waals surface area contributed by atoms with Crippen molar-refractivity contribution >= 4 is 17.3 Å². The number of carbonyl (C=O) groups is 1. The van der Waals surface area contributed by atoms with Gasteiger partial charge < -0.3 is 10.6 Å². The molecule has 1 amide bonds. The lowest BCUT2D eigenvalue weighted by Crippen LogP contribution is -2.15. The fourth-order valence-corrected chi connectivity index (χ4v) is 1.80. The molecule has 20 heavy (non-hydrogen) atoms. The van der Waals surface area contributed by atoms with Gasteiger partial charge in [-0.15, -0.1) is 0 Å². The second-order valence-electron chi connectivity index (χ2n) is 4.33. The molecule has 2 N–H and O–H groups in total. The zero-order valence-corrected chi connectivity index (χ0v) is 11.4. The Bertz CT molecular complexity index is 628. The van der Waals surface area contributed by atoms with Crippen molar-refractivity contribution in [1.29, 1.82) is 0 Å². The molecule has 2 rings (SSSR count). The maximum Gasteiger partial charge on any atom is 0.274 e. The summed E-state index contributed by atoms with van der Waals surface area (Å²) >= 11 is 0. The summed E-state index contributed by atoms with van der Waals surface area (Å²) in [4.78, 5) is 16.1. The van der Waals surface area contributed by atoms with Crippen LogP contribution < -0.4 is 10.6 Å². The highest BCUT2D eigenvalue weighted by molar-refractivity contribution is 6.03. The van der Waals surface area contributed by atoms with Gasteiger partial charge in [0.05, 0.1) is 0 Å². The van der Waals surface area contributed by atoms with Crippen LogP contribution in [0.1, 0.15) is 23.0 Å². The van der Waals surface area contributed by atoms with E-state index in [0.29, 0.717) is 11.3 Å². The van der Waals surface area contributed by atoms with Crippen molar-refractivity contribution in [3.8, 4) is 0 Å². The van der Waals surface area contributed by atoms with Crippen molar-refractivity contribution in [3.63, 3.8) is 0 Å². The first-order valence-corrected chi connectivity index (χ1v) is 6.38. The maximum absolute atomic E-state index is 13.4. The molecule has 0 radical (unpaired) electrons. The molecule has 1 aromatic carbocycles. The minimum absolute atomic E-state index is 0.284. The number of aromatic nitrogens is 1. The zero-order chi connectivity index (χ0) is 14.5. The van der Waals surface area contributed by atoms with E-state index in [2.05, 4.69) is 15.6 Å². The normalized spacial score (nSPS) is 10.2. The average molecular weight is 273 g/mol. The quantitative estimate of drug-likeness (QED) is 0.899. The van der Waals surface area contributed by atoms with Crippen LogP contribution >= 0.6 is 0 Å². The first-order valence-electron chi connectivity index (χ1n) is 6.38. The lowest BCUT2D eigenvalue weighted by Gasteiger charge is -2.09. The van der Waals surface area contributed by atoms with Crippen LogP contribution in [0.15, 0.2) is 36.5 Å². The second-order valence-corrected chi connectivity index (χ2v) is 4.33. The molecule has 2 aromatic rings. The van der Waals surface area contributed by atoms with E-state index in [1.165, 1.54) is 6.07 Å². The van der Waals surface area contributed by atoms with Crippen LogP contribution in [0.4, 0.5) is 15.8 Å². The summed E-state index contributed by atoms with van der Waals surface area (Å²) < 4.78 is 13.4. The van der Waals surface area contributed by atoms with Crippen LogP contribution in [0.25, 0.3) is 0 Å². The predicted molar refractivity (Wildman–Crippen MR) is 77.5 cm³/mol. The van der Waals surface area contributed by atoms with Gasteiger partial charge in [0.25, 0.3) is 5.91 Å². The van der Waals surface area contributed by atoms with Gasteiger partial charge in [0.2, 0.25) is 0 Å². The molecule has 0 spiro atoms. The van der Waals surface area contributed by atoms with Crippen LogP contribution in [-0.4, -0.2) is 17.4 Å². The second kappa shape index (κ2) is 6.14. The molecule has 0 aliphatic heterocycles. The summed E-state index contributed by atoms with van der Waals surface area (Å²) in [5, 5.41) is 5.77. The molecule has 0 unspecified atom stereocenters. The van der Waals surface area contributed by atoms with E-state index in [-0.39, 0.29) is 17.4 Å². The molecule has 0 bridgehead atoms. The van der Waals surface area contributed by atoms with Gasteiger partial charge in [0.1, 0.15) is 11.5 Å². The highest BCUT2D eigenvalue weighted by Crippen LogP contribution is 2.18. The summed E-state index contributed by atoms with van der Waals surface area (Å²) in [5.41, 5.74) is 1.96. The van der Waals surface area contributed by atoms with E-state index in [9.17, 15) is 9.18 Å². The van der Waals surface area contributed by atoms with Gasteiger partial charge >= 0.3 is 0 Å². The molecule has 5 heteroatoms. The Kier molecular flexibility index (Phi) is 4.30. The Morgan fingerprint density at radius 1 is 1.35 bits per heavy atom. The Balaban J connectivity index is 2.19. The van der Waals surface area contributed by atoms with Crippen molar-refractivity contribution in [1.82, 2.24) is 4.98 Å². The number of benzene rings is 1. The fraction of sp³-hybridized carbons (Fsp3) is 0.200.